The minimum atomic E-state index is -4.07. The zero-order chi connectivity index (χ0) is 27.7. The summed E-state index contributed by atoms with van der Waals surface area (Å²) in [6.45, 7) is 1.46. The molecule has 0 saturated heterocycles. The van der Waals surface area contributed by atoms with Crippen LogP contribution in [0.5, 0.6) is 0 Å². The van der Waals surface area contributed by atoms with Crippen LogP contribution in [0, 0.1) is 11.6 Å². The summed E-state index contributed by atoms with van der Waals surface area (Å²) in [7, 11) is -4.07. The number of para-hydroxylation sites is 1. The summed E-state index contributed by atoms with van der Waals surface area (Å²) >= 11 is 0. The summed E-state index contributed by atoms with van der Waals surface area (Å²) in [5, 5.41) is 2.82. The molecule has 0 spiro atoms. The highest BCUT2D eigenvalue weighted by atomic mass is 32.2. The number of amides is 2. The van der Waals surface area contributed by atoms with E-state index in [1.54, 1.807) is 0 Å². The zero-order valence-electron chi connectivity index (χ0n) is 21.3. The van der Waals surface area contributed by atoms with Crippen molar-refractivity contribution in [2.45, 2.75) is 32.4 Å². The minimum absolute atomic E-state index is 0.0922. The number of carbonyl (C=O) groups is 2. The molecular formula is C28H31F2N3O4S. The Morgan fingerprint density at radius 2 is 1.53 bits per heavy atom. The van der Waals surface area contributed by atoms with Crippen LogP contribution in [0.25, 0.3) is 0 Å². The van der Waals surface area contributed by atoms with Crippen LogP contribution in [0.3, 0.4) is 0 Å². The summed E-state index contributed by atoms with van der Waals surface area (Å²) in [4.78, 5) is 28.4. The van der Waals surface area contributed by atoms with Crippen LogP contribution >= 0.6 is 0 Å². The van der Waals surface area contributed by atoms with E-state index in [2.05, 4.69) is 5.32 Å². The zero-order valence-corrected chi connectivity index (χ0v) is 22.1. The van der Waals surface area contributed by atoms with Gasteiger partial charge in [0.25, 0.3) is 0 Å². The van der Waals surface area contributed by atoms with E-state index >= 15 is 0 Å². The second kappa shape index (κ2) is 13.1. The topological polar surface area (TPSA) is 86.8 Å². The van der Waals surface area contributed by atoms with Crippen molar-refractivity contribution in [3.63, 3.8) is 0 Å². The van der Waals surface area contributed by atoms with Gasteiger partial charge in [-0.3, -0.25) is 13.9 Å². The Kier molecular flexibility index (Phi) is 9.95. The summed E-state index contributed by atoms with van der Waals surface area (Å²) < 4.78 is 54.1. The second-order valence-corrected chi connectivity index (χ2v) is 10.8. The fourth-order valence-electron chi connectivity index (χ4n) is 3.96. The van der Waals surface area contributed by atoms with Gasteiger partial charge >= 0.3 is 0 Å². The van der Waals surface area contributed by atoms with E-state index in [0.29, 0.717) is 22.8 Å². The summed E-state index contributed by atoms with van der Waals surface area (Å²) in [6, 6.07) is 18.8. The predicted octanol–water partition coefficient (Wildman–Crippen LogP) is 3.90. The maximum absolute atomic E-state index is 14.6. The number of anilines is 1. The van der Waals surface area contributed by atoms with Gasteiger partial charge in [-0.2, -0.15) is 0 Å². The molecule has 3 aromatic carbocycles. The third-order valence-electron chi connectivity index (χ3n) is 5.89. The normalized spacial score (nSPS) is 12.0. The molecule has 0 heterocycles. The molecule has 10 heteroatoms. The lowest BCUT2D eigenvalue weighted by Gasteiger charge is -2.33. The molecule has 0 aliphatic heterocycles. The number of halogens is 2. The Hall–Kier alpha value is -3.79. The molecule has 0 aliphatic rings. The Bertz CT molecular complexity index is 1340. The van der Waals surface area contributed by atoms with E-state index in [0.717, 1.165) is 17.9 Å². The van der Waals surface area contributed by atoms with E-state index in [4.69, 9.17) is 0 Å². The van der Waals surface area contributed by atoms with Gasteiger partial charge < -0.3 is 10.2 Å². The molecule has 3 aromatic rings. The molecule has 0 aliphatic carbocycles. The molecule has 2 amide bonds. The molecule has 1 unspecified atom stereocenters. The SMILES string of the molecule is CCCNC(=O)C(Cc1ccccc1)N(Cc1ccc(F)cc1)C(=O)CN(c1ccccc1F)S(C)(=O)=O. The van der Waals surface area contributed by atoms with Crippen molar-refractivity contribution in [1.82, 2.24) is 10.2 Å². The molecule has 1 atom stereocenters. The monoisotopic (exact) mass is 543 g/mol. The third kappa shape index (κ3) is 7.85. The molecule has 0 fully saturated rings. The second-order valence-electron chi connectivity index (χ2n) is 8.87. The molecule has 202 valence electrons. The maximum Gasteiger partial charge on any atom is 0.244 e. The average Bonchev–Trinajstić information content (AvgIpc) is 2.89. The first kappa shape index (κ1) is 28.8. The number of carbonyl (C=O) groups excluding carboxylic acids is 2. The van der Waals surface area contributed by atoms with Crippen molar-refractivity contribution in [3.8, 4) is 0 Å². The fourth-order valence-corrected chi connectivity index (χ4v) is 4.81. The number of hydrogen-bond acceptors (Lipinski definition) is 4. The van der Waals surface area contributed by atoms with Gasteiger partial charge in [0.15, 0.2) is 0 Å². The summed E-state index contributed by atoms with van der Waals surface area (Å²) in [5.74, 6) is -2.40. The number of sulfonamides is 1. The quantitative estimate of drug-likeness (QED) is 0.376. The van der Waals surface area contributed by atoms with Gasteiger partial charge in [-0.25, -0.2) is 17.2 Å². The first-order chi connectivity index (χ1) is 18.1. The third-order valence-corrected chi connectivity index (χ3v) is 7.01. The molecule has 0 aromatic heterocycles. The summed E-state index contributed by atoms with van der Waals surface area (Å²) in [5.41, 5.74) is 1.05. The number of nitrogens with one attached hydrogen (secondary N) is 1. The highest BCUT2D eigenvalue weighted by Crippen LogP contribution is 2.23. The number of benzene rings is 3. The van der Waals surface area contributed by atoms with Crippen molar-refractivity contribution in [1.29, 1.82) is 0 Å². The molecule has 0 radical (unpaired) electrons. The summed E-state index contributed by atoms with van der Waals surface area (Å²) in [6.07, 6.45) is 1.71. The Morgan fingerprint density at radius 1 is 0.895 bits per heavy atom. The van der Waals surface area contributed by atoms with Gasteiger partial charge in [-0.05, 0) is 41.8 Å². The van der Waals surface area contributed by atoms with Crippen LogP contribution in [-0.4, -0.2) is 50.5 Å². The molecule has 0 saturated carbocycles. The Morgan fingerprint density at radius 3 is 2.13 bits per heavy atom. The standard InChI is InChI=1S/C28H31F2N3O4S/c1-3-17-31-28(35)26(18-21-9-5-4-6-10-21)32(19-22-13-15-23(29)16-14-22)27(34)20-33(38(2,36)37)25-12-8-7-11-24(25)30/h4-16,26H,3,17-20H2,1-2H3,(H,31,35). The lowest BCUT2D eigenvalue weighted by Crippen LogP contribution is -2.53. The first-order valence-corrected chi connectivity index (χ1v) is 14.0. The van der Waals surface area contributed by atoms with Crippen molar-refractivity contribution in [2.24, 2.45) is 0 Å². The van der Waals surface area contributed by atoms with Gasteiger partial charge in [0.1, 0.15) is 24.2 Å². The van der Waals surface area contributed by atoms with E-state index in [1.807, 2.05) is 37.3 Å². The molecular weight excluding hydrogens is 512 g/mol. The van der Waals surface area contributed by atoms with Crippen LogP contribution < -0.4 is 9.62 Å². The van der Waals surface area contributed by atoms with Gasteiger partial charge in [0, 0.05) is 19.5 Å². The van der Waals surface area contributed by atoms with Gasteiger partial charge in [0.05, 0.1) is 11.9 Å². The lowest BCUT2D eigenvalue weighted by atomic mass is 10.0. The smallest absolute Gasteiger partial charge is 0.244 e. The van der Waals surface area contributed by atoms with E-state index < -0.39 is 46.1 Å². The van der Waals surface area contributed by atoms with Crippen molar-refractivity contribution < 1.29 is 26.8 Å². The van der Waals surface area contributed by atoms with Gasteiger partial charge in [-0.1, -0.05) is 61.5 Å². The average molecular weight is 544 g/mol. The van der Waals surface area contributed by atoms with Crippen molar-refractivity contribution in [3.05, 3.63) is 102 Å². The van der Waals surface area contributed by atoms with Crippen molar-refractivity contribution >= 4 is 27.5 Å². The highest BCUT2D eigenvalue weighted by molar-refractivity contribution is 7.92. The molecule has 0 bridgehead atoms. The largest absolute Gasteiger partial charge is 0.354 e. The molecule has 7 nitrogen and oxygen atoms in total. The van der Waals surface area contributed by atoms with Gasteiger partial charge in [-0.15, -0.1) is 0 Å². The van der Waals surface area contributed by atoms with Crippen LogP contribution in [0.15, 0.2) is 78.9 Å². The van der Waals surface area contributed by atoms with E-state index in [-0.39, 0.29) is 18.7 Å². The van der Waals surface area contributed by atoms with E-state index in [1.165, 1.54) is 47.4 Å². The first-order valence-electron chi connectivity index (χ1n) is 12.2. The van der Waals surface area contributed by atoms with Crippen molar-refractivity contribution in [2.75, 3.05) is 23.7 Å². The Balaban J connectivity index is 2.04. The van der Waals surface area contributed by atoms with Crippen LogP contribution in [-0.2, 0) is 32.6 Å². The minimum Gasteiger partial charge on any atom is -0.354 e. The predicted molar refractivity (Wildman–Crippen MR) is 143 cm³/mol. The highest BCUT2D eigenvalue weighted by Gasteiger charge is 2.33. The van der Waals surface area contributed by atoms with Crippen LogP contribution in [0.2, 0.25) is 0 Å². The fraction of sp³-hybridized carbons (Fsp3) is 0.286. The van der Waals surface area contributed by atoms with Crippen LogP contribution in [0.1, 0.15) is 24.5 Å². The number of nitrogens with zero attached hydrogens (tertiary/aromatic N) is 2. The number of rotatable bonds is 12. The lowest BCUT2D eigenvalue weighted by molar-refractivity contribution is -0.140. The number of hydrogen-bond donors (Lipinski definition) is 1. The molecule has 38 heavy (non-hydrogen) atoms. The molecule has 1 N–H and O–H groups in total. The Labute approximate surface area is 222 Å². The molecule has 3 rings (SSSR count). The van der Waals surface area contributed by atoms with E-state index in [9.17, 15) is 26.8 Å². The maximum atomic E-state index is 14.6. The van der Waals surface area contributed by atoms with Gasteiger partial charge in [0.2, 0.25) is 21.8 Å². The van der Waals surface area contributed by atoms with Crippen LogP contribution in [0.4, 0.5) is 14.5 Å².